The predicted molar refractivity (Wildman–Crippen MR) is 76.2 cm³/mol. The van der Waals surface area contributed by atoms with E-state index in [1.165, 1.54) is 0 Å². The number of nitrogens with two attached hydrogens (primary N) is 1. The molecule has 1 aromatic carbocycles. The van der Waals surface area contributed by atoms with Gasteiger partial charge >= 0.3 is 0 Å². The van der Waals surface area contributed by atoms with Crippen LogP contribution in [-0.2, 0) is 6.42 Å². The van der Waals surface area contributed by atoms with Crippen molar-refractivity contribution in [2.45, 2.75) is 38.6 Å². The first-order valence-electron chi connectivity index (χ1n) is 6.58. The molecular weight excluding hydrogens is 260 g/mol. The summed E-state index contributed by atoms with van der Waals surface area (Å²) in [5.74, 6) is 0.839. The van der Waals surface area contributed by atoms with Crippen LogP contribution in [0.2, 0.25) is 5.02 Å². The second-order valence-corrected chi connectivity index (χ2v) is 5.99. The number of nitrogens with zero attached hydrogens (tertiary/aromatic N) is 1. The standard InChI is InChI=1S/C15H19ClN2O/c1-11(18)8-12-9-13(16)2-3-14(12)19-10-15(4-5-15)6-7-17/h2-3,9,11H,4-6,8,10,18H2,1H3. The molecule has 0 heterocycles. The van der Waals surface area contributed by atoms with Crippen molar-refractivity contribution in [1.29, 1.82) is 5.26 Å². The second kappa shape index (κ2) is 5.81. The smallest absolute Gasteiger partial charge is 0.122 e. The summed E-state index contributed by atoms with van der Waals surface area (Å²) in [6.07, 6.45) is 3.47. The van der Waals surface area contributed by atoms with E-state index in [0.717, 1.165) is 30.6 Å². The van der Waals surface area contributed by atoms with Crippen molar-refractivity contribution in [1.82, 2.24) is 0 Å². The van der Waals surface area contributed by atoms with Crippen LogP contribution in [0, 0.1) is 16.7 Å². The van der Waals surface area contributed by atoms with E-state index in [2.05, 4.69) is 6.07 Å². The molecule has 19 heavy (non-hydrogen) atoms. The van der Waals surface area contributed by atoms with Gasteiger partial charge in [0.25, 0.3) is 0 Å². The predicted octanol–water partition coefficient (Wildman–Crippen LogP) is 3.30. The summed E-state index contributed by atoms with van der Waals surface area (Å²) in [6.45, 7) is 2.57. The van der Waals surface area contributed by atoms with Crippen molar-refractivity contribution < 1.29 is 4.74 Å². The molecule has 1 saturated carbocycles. The van der Waals surface area contributed by atoms with Crippen LogP contribution in [0.4, 0.5) is 0 Å². The Hall–Kier alpha value is -1.24. The summed E-state index contributed by atoms with van der Waals surface area (Å²) in [4.78, 5) is 0. The van der Waals surface area contributed by atoms with Crippen LogP contribution in [0.1, 0.15) is 31.7 Å². The van der Waals surface area contributed by atoms with Gasteiger partial charge in [0.2, 0.25) is 0 Å². The Balaban J connectivity index is 2.05. The van der Waals surface area contributed by atoms with Crippen LogP contribution in [0.5, 0.6) is 5.75 Å². The summed E-state index contributed by atoms with van der Waals surface area (Å²) in [5, 5.41) is 9.51. The van der Waals surface area contributed by atoms with Crippen molar-refractivity contribution >= 4 is 11.6 Å². The van der Waals surface area contributed by atoms with Crippen molar-refractivity contribution in [2.24, 2.45) is 11.1 Å². The van der Waals surface area contributed by atoms with Crippen LogP contribution in [-0.4, -0.2) is 12.6 Å². The van der Waals surface area contributed by atoms with E-state index >= 15 is 0 Å². The molecule has 0 aromatic heterocycles. The van der Waals surface area contributed by atoms with E-state index in [9.17, 15) is 0 Å². The van der Waals surface area contributed by atoms with Gasteiger partial charge in [-0.1, -0.05) is 11.6 Å². The van der Waals surface area contributed by atoms with E-state index in [0.29, 0.717) is 18.1 Å². The van der Waals surface area contributed by atoms with Gasteiger partial charge in [0.1, 0.15) is 5.75 Å². The quantitative estimate of drug-likeness (QED) is 0.868. The average Bonchev–Trinajstić information content (AvgIpc) is 3.08. The first-order valence-corrected chi connectivity index (χ1v) is 6.96. The highest BCUT2D eigenvalue weighted by Crippen LogP contribution is 2.48. The zero-order chi connectivity index (χ0) is 13.9. The van der Waals surface area contributed by atoms with Crippen LogP contribution < -0.4 is 10.5 Å². The van der Waals surface area contributed by atoms with E-state index in [1.807, 2.05) is 25.1 Å². The third kappa shape index (κ3) is 3.86. The second-order valence-electron chi connectivity index (χ2n) is 5.56. The molecule has 0 aliphatic heterocycles. The van der Waals surface area contributed by atoms with E-state index in [-0.39, 0.29) is 11.5 Å². The van der Waals surface area contributed by atoms with E-state index in [4.69, 9.17) is 27.3 Å². The minimum absolute atomic E-state index is 0.0646. The Morgan fingerprint density at radius 2 is 2.26 bits per heavy atom. The fourth-order valence-corrected chi connectivity index (χ4v) is 2.34. The Kier molecular flexibility index (Phi) is 4.34. The molecule has 1 aliphatic carbocycles. The molecular formula is C15H19ClN2O. The molecule has 0 amide bonds. The highest BCUT2D eigenvalue weighted by atomic mass is 35.5. The van der Waals surface area contributed by atoms with Crippen LogP contribution in [0.15, 0.2) is 18.2 Å². The zero-order valence-electron chi connectivity index (χ0n) is 11.2. The average molecular weight is 279 g/mol. The maximum atomic E-state index is 8.81. The number of ether oxygens (including phenoxy) is 1. The molecule has 4 heteroatoms. The molecule has 1 aliphatic rings. The third-order valence-corrected chi connectivity index (χ3v) is 3.74. The van der Waals surface area contributed by atoms with E-state index in [1.54, 1.807) is 0 Å². The van der Waals surface area contributed by atoms with Crippen molar-refractivity contribution in [3.05, 3.63) is 28.8 Å². The molecule has 1 aromatic rings. The highest BCUT2D eigenvalue weighted by molar-refractivity contribution is 6.30. The highest BCUT2D eigenvalue weighted by Gasteiger charge is 2.43. The summed E-state index contributed by atoms with van der Waals surface area (Å²) in [6, 6.07) is 7.93. The Morgan fingerprint density at radius 1 is 1.53 bits per heavy atom. The molecule has 0 spiro atoms. The first kappa shape index (κ1) is 14.2. The lowest BCUT2D eigenvalue weighted by molar-refractivity contribution is 0.234. The topological polar surface area (TPSA) is 59.0 Å². The molecule has 1 fully saturated rings. The Bertz CT molecular complexity index is 489. The fraction of sp³-hybridized carbons (Fsp3) is 0.533. The van der Waals surface area contributed by atoms with Gasteiger partial charge in [-0.2, -0.15) is 5.26 Å². The zero-order valence-corrected chi connectivity index (χ0v) is 11.9. The lowest BCUT2D eigenvalue weighted by Crippen LogP contribution is -2.19. The summed E-state index contributed by atoms with van der Waals surface area (Å²) < 4.78 is 5.91. The number of benzene rings is 1. The molecule has 2 N–H and O–H groups in total. The Morgan fingerprint density at radius 3 is 2.84 bits per heavy atom. The van der Waals surface area contributed by atoms with Crippen molar-refractivity contribution in [2.75, 3.05) is 6.61 Å². The summed E-state index contributed by atoms with van der Waals surface area (Å²) in [5.41, 5.74) is 6.96. The summed E-state index contributed by atoms with van der Waals surface area (Å²) >= 11 is 6.01. The molecule has 2 rings (SSSR count). The minimum atomic E-state index is 0.0646. The van der Waals surface area contributed by atoms with Crippen LogP contribution >= 0.6 is 11.6 Å². The fourth-order valence-electron chi connectivity index (χ4n) is 2.14. The van der Waals surface area contributed by atoms with E-state index < -0.39 is 0 Å². The van der Waals surface area contributed by atoms with Gasteiger partial charge in [-0.25, -0.2) is 0 Å². The largest absolute Gasteiger partial charge is 0.493 e. The van der Waals surface area contributed by atoms with Gasteiger partial charge in [0.15, 0.2) is 0 Å². The number of rotatable bonds is 6. The van der Waals surface area contributed by atoms with Crippen LogP contribution in [0.3, 0.4) is 0 Å². The van der Waals surface area contributed by atoms with Gasteiger partial charge in [-0.3, -0.25) is 0 Å². The van der Waals surface area contributed by atoms with Gasteiger partial charge in [-0.05, 0) is 49.9 Å². The van der Waals surface area contributed by atoms with Crippen molar-refractivity contribution in [3.8, 4) is 11.8 Å². The molecule has 3 nitrogen and oxygen atoms in total. The van der Waals surface area contributed by atoms with Gasteiger partial charge in [0, 0.05) is 22.9 Å². The monoisotopic (exact) mass is 278 g/mol. The molecule has 1 unspecified atom stereocenters. The molecule has 0 saturated heterocycles. The maximum Gasteiger partial charge on any atom is 0.122 e. The Labute approximate surface area is 119 Å². The van der Waals surface area contributed by atoms with Crippen molar-refractivity contribution in [3.63, 3.8) is 0 Å². The number of hydrogen-bond donors (Lipinski definition) is 1. The first-order chi connectivity index (χ1) is 9.04. The van der Waals surface area contributed by atoms with Gasteiger partial charge in [0.05, 0.1) is 12.7 Å². The molecule has 0 radical (unpaired) electrons. The SMILES string of the molecule is CC(N)Cc1cc(Cl)ccc1OCC1(CC#N)CC1. The number of halogens is 1. The van der Waals surface area contributed by atoms with Gasteiger partial charge < -0.3 is 10.5 Å². The lowest BCUT2D eigenvalue weighted by Gasteiger charge is -2.17. The summed E-state index contributed by atoms with van der Waals surface area (Å²) in [7, 11) is 0. The molecule has 1 atom stereocenters. The minimum Gasteiger partial charge on any atom is -0.493 e. The number of nitriles is 1. The molecule has 102 valence electrons. The lowest BCUT2D eigenvalue weighted by atomic mass is 10.0. The normalized spacial score (nSPS) is 17.6. The third-order valence-electron chi connectivity index (χ3n) is 3.51. The molecule has 0 bridgehead atoms. The van der Waals surface area contributed by atoms with Crippen LogP contribution in [0.25, 0.3) is 0 Å². The maximum absolute atomic E-state index is 8.81. The van der Waals surface area contributed by atoms with Gasteiger partial charge in [-0.15, -0.1) is 0 Å². The number of hydrogen-bond acceptors (Lipinski definition) is 3.